The summed E-state index contributed by atoms with van der Waals surface area (Å²) >= 11 is 0. The topological polar surface area (TPSA) is 84.9 Å². The van der Waals surface area contributed by atoms with Gasteiger partial charge in [0.25, 0.3) is 6.47 Å². The van der Waals surface area contributed by atoms with Crippen LogP contribution in [0.15, 0.2) is 30.3 Å². The summed E-state index contributed by atoms with van der Waals surface area (Å²) in [5.74, 6) is 0. The van der Waals surface area contributed by atoms with Gasteiger partial charge in [-0.3, -0.25) is 4.79 Å². The van der Waals surface area contributed by atoms with Crippen LogP contribution in [0.2, 0.25) is 25.7 Å². The molecule has 0 aliphatic heterocycles. The smallest absolute Gasteiger partial charge is 0.408 e. The van der Waals surface area contributed by atoms with Gasteiger partial charge in [0, 0.05) is 8.07 Å². The third-order valence-electron chi connectivity index (χ3n) is 4.11. The SMILES string of the molecule is CC(C)(C)OC(=O)NC(C(O)CCc1ccccc1)C(C[Si](C)(C)C)OC=O. The minimum Gasteiger partial charge on any atom is -0.463 e. The standard InChI is InChI=1S/C21H35NO5Si/c1-21(2,3)27-20(25)22-19(18(26-15-23)14-28(4,5)6)17(24)13-12-16-10-8-7-9-11-16/h7-11,15,17-19,24H,12-14H2,1-6H3,(H,22,25). The molecule has 0 saturated heterocycles. The molecule has 3 atom stereocenters. The van der Waals surface area contributed by atoms with E-state index in [1.807, 2.05) is 30.3 Å². The van der Waals surface area contributed by atoms with E-state index in [0.29, 0.717) is 25.4 Å². The Morgan fingerprint density at radius 1 is 1.21 bits per heavy atom. The molecule has 0 radical (unpaired) electrons. The zero-order valence-electron chi connectivity index (χ0n) is 17.9. The fourth-order valence-corrected chi connectivity index (χ4v) is 4.51. The van der Waals surface area contributed by atoms with Crippen LogP contribution >= 0.6 is 0 Å². The fraction of sp³-hybridized carbons (Fsp3) is 0.619. The Morgan fingerprint density at radius 3 is 2.32 bits per heavy atom. The molecule has 6 nitrogen and oxygen atoms in total. The largest absolute Gasteiger partial charge is 0.463 e. The minimum absolute atomic E-state index is 0.387. The maximum atomic E-state index is 12.3. The van der Waals surface area contributed by atoms with E-state index in [0.717, 1.165) is 5.56 Å². The molecule has 0 bridgehead atoms. The monoisotopic (exact) mass is 409 g/mol. The van der Waals surface area contributed by atoms with E-state index in [9.17, 15) is 14.7 Å². The quantitative estimate of drug-likeness (QED) is 0.454. The van der Waals surface area contributed by atoms with E-state index in [1.54, 1.807) is 20.8 Å². The van der Waals surface area contributed by atoms with E-state index in [2.05, 4.69) is 25.0 Å². The van der Waals surface area contributed by atoms with Crippen LogP contribution in [0.3, 0.4) is 0 Å². The first kappa shape index (κ1) is 24.2. The second-order valence-electron chi connectivity index (χ2n) is 9.30. The number of rotatable bonds is 10. The maximum absolute atomic E-state index is 12.3. The first-order chi connectivity index (χ1) is 12.9. The Hall–Kier alpha value is -1.86. The molecule has 1 aromatic carbocycles. The van der Waals surface area contributed by atoms with Gasteiger partial charge in [0.1, 0.15) is 11.7 Å². The first-order valence-corrected chi connectivity index (χ1v) is 13.4. The molecular formula is C21H35NO5Si. The predicted octanol–water partition coefficient (Wildman–Crippen LogP) is 3.75. The van der Waals surface area contributed by atoms with Crippen molar-refractivity contribution >= 4 is 20.6 Å². The lowest BCUT2D eigenvalue weighted by Gasteiger charge is -2.34. The zero-order valence-corrected chi connectivity index (χ0v) is 18.9. The molecule has 0 aliphatic carbocycles. The average molecular weight is 410 g/mol. The first-order valence-electron chi connectivity index (χ1n) is 9.72. The summed E-state index contributed by atoms with van der Waals surface area (Å²) in [4.78, 5) is 23.4. The van der Waals surface area contributed by atoms with Crippen LogP contribution in [0.25, 0.3) is 0 Å². The van der Waals surface area contributed by atoms with Gasteiger partial charge in [-0.05, 0) is 45.2 Å². The van der Waals surface area contributed by atoms with Crippen molar-refractivity contribution in [3.8, 4) is 0 Å². The van der Waals surface area contributed by atoms with Crippen LogP contribution in [-0.2, 0) is 20.7 Å². The number of aliphatic hydroxyl groups excluding tert-OH is 1. The molecule has 28 heavy (non-hydrogen) atoms. The van der Waals surface area contributed by atoms with Gasteiger partial charge in [0.05, 0.1) is 12.1 Å². The van der Waals surface area contributed by atoms with Gasteiger partial charge in [0.15, 0.2) is 0 Å². The number of aliphatic hydroxyl groups is 1. The highest BCUT2D eigenvalue weighted by Crippen LogP contribution is 2.21. The summed E-state index contributed by atoms with van der Waals surface area (Å²) < 4.78 is 10.7. The van der Waals surface area contributed by atoms with Gasteiger partial charge in [-0.25, -0.2) is 4.79 Å². The van der Waals surface area contributed by atoms with Crippen molar-refractivity contribution in [1.82, 2.24) is 5.32 Å². The second kappa shape index (κ2) is 10.6. The molecule has 2 N–H and O–H groups in total. The summed E-state index contributed by atoms with van der Waals surface area (Å²) in [6, 6.07) is 9.69. The molecular weight excluding hydrogens is 374 g/mol. The maximum Gasteiger partial charge on any atom is 0.408 e. The van der Waals surface area contributed by atoms with E-state index >= 15 is 0 Å². The Balaban J connectivity index is 2.95. The molecule has 1 aromatic rings. The van der Waals surface area contributed by atoms with Crippen molar-refractivity contribution < 1.29 is 24.2 Å². The average Bonchev–Trinajstić information content (AvgIpc) is 2.55. The molecule has 0 heterocycles. The molecule has 0 saturated carbocycles. The number of hydrogen-bond acceptors (Lipinski definition) is 5. The lowest BCUT2D eigenvalue weighted by Crippen LogP contribution is -2.54. The number of aryl methyl sites for hydroxylation is 1. The summed E-state index contributed by atoms with van der Waals surface area (Å²) in [6.07, 6.45) is -1.05. The number of carbonyl (C=O) groups is 2. The highest BCUT2D eigenvalue weighted by Gasteiger charge is 2.35. The Morgan fingerprint density at radius 2 is 1.82 bits per heavy atom. The van der Waals surface area contributed by atoms with E-state index in [-0.39, 0.29) is 0 Å². The molecule has 1 amide bonds. The number of hydrogen-bond donors (Lipinski definition) is 2. The summed E-state index contributed by atoms with van der Waals surface area (Å²) in [7, 11) is -1.64. The van der Waals surface area contributed by atoms with E-state index < -0.39 is 38.0 Å². The molecule has 0 spiro atoms. The van der Waals surface area contributed by atoms with Crippen molar-refractivity contribution in [2.24, 2.45) is 0 Å². The number of alkyl carbamates (subject to hydrolysis) is 1. The van der Waals surface area contributed by atoms with Gasteiger partial charge in [-0.2, -0.15) is 0 Å². The summed E-state index contributed by atoms with van der Waals surface area (Å²) in [5.41, 5.74) is 0.430. The van der Waals surface area contributed by atoms with Crippen LogP contribution in [0.5, 0.6) is 0 Å². The molecule has 1 rings (SSSR count). The van der Waals surface area contributed by atoms with Crippen LogP contribution in [-0.4, -0.2) is 49.6 Å². The van der Waals surface area contributed by atoms with Crippen LogP contribution in [0.1, 0.15) is 32.8 Å². The molecule has 0 fully saturated rings. The van der Waals surface area contributed by atoms with Gasteiger partial charge < -0.3 is 19.9 Å². The molecule has 0 aliphatic rings. The number of nitrogens with one attached hydrogen (secondary N) is 1. The summed E-state index contributed by atoms with van der Waals surface area (Å²) in [5, 5.41) is 13.6. The predicted molar refractivity (Wildman–Crippen MR) is 113 cm³/mol. The molecule has 158 valence electrons. The number of amides is 1. The number of benzene rings is 1. The van der Waals surface area contributed by atoms with Gasteiger partial charge >= 0.3 is 6.09 Å². The van der Waals surface area contributed by atoms with Gasteiger partial charge in [0.2, 0.25) is 0 Å². The zero-order chi connectivity index (χ0) is 21.4. The third kappa shape index (κ3) is 9.89. The Kier molecular flexibility index (Phi) is 9.17. The van der Waals surface area contributed by atoms with Crippen molar-refractivity contribution in [2.45, 2.75) is 83.1 Å². The van der Waals surface area contributed by atoms with Crippen LogP contribution < -0.4 is 5.32 Å². The van der Waals surface area contributed by atoms with Gasteiger partial charge in [-0.1, -0.05) is 50.0 Å². The number of carbonyl (C=O) groups excluding carboxylic acids is 2. The van der Waals surface area contributed by atoms with E-state index in [4.69, 9.17) is 9.47 Å². The Labute approximate surface area is 169 Å². The van der Waals surface area contributed by atoms with Crippen molar-refractivity contribution in [2.75, 3.05) is 0 Å². The highest BCUT2D eigenvalue weighted by atomic mass is 28.3. The second-order valence-corrected chi connectivity index (χ2v) is 14.8. The van der Waals surface area contributed by atoms with Crippen LogP contribution in [0.4, 0.5) is 4.79 Å². The van der Waals surface area contributed by atoms with E-state index in [1.165, 1.54) is 0 Å². The fourth-order valence-electron chi connectivity index (χ4n) is 2.95. The lowest BCUT2D eigenvalue weighted by atomic mass is 9.98. The Bertz CT molecular complexity index is 609. The normalized spacial score (nSPS) is 15.2. The third-order valence-corrected chi connectivity index (χ3v) is 5.74. The lowest BCUT2D eigenvalue weighted by molar-refractivity contribution is -0.135. The van der Waals surface area contributed by atoms with Crippen molar-refractivity contribution in [3.63, 3.8) is 0 Å². The molecule has 3 unspecified atom stereocenters. The van der Waals surface area contributed by atoms with Gasteiger partial charge in [-0.15, -0.1) is 0 Å². The molecule has 7 heteroatoms. The molecule has 0 aromatic heterocycles. The summed E-state index contributed by atoms with van der Waals surface area (Å²) in [6.45, 7) is 12.1. The van der Waals surface area contributed by atoms with Crippen LogP contribution in [0, 0.1) is 0 Å². The van der Waals surface area contributed by atoms with Crippen molar-refractivity contribution in [3.05, 3.63) is 35.9 Å². The minimum atomic E-state index is -1.64. The van der Waals surface area contributed by atoms with Crippen molar-refractivity contribution in [1.29, 1.82) is 0 Å². The number of ether oxygens (including phenoxy) is 2. The highest BCUT2D eigenvalue weighted by molar-refractivity contribution is 6.76.